The minimum atomic E-state index is -0.178. The number of nitrogen functional groups attached to an aromatic ring is 1. The first kappa shape index (κ1) is 15.6. The largest absolute Gasteiger partial charge is 0.382 e. The van der Waals surface area contributed by atoms with E-state index in [1.165, 1.54) is 12.1 Å². The first-order valence-electron chi connectivity index (χ1n) is 6.04. The van der Waals surface area contributed by atoms with Crippen LogP contribution in [0.1, 0.15) is 6.42 Å². The smallest absolute Gasteiger partial charge is 0.225 e. The number of anilines is 2. The van der Waals surface area contributed by atoms with E-state index in [1.54, 1.807) is 36.5 Å². The van der Waals surface area contributed by atoms with Gasteiger partial charge in [-0.1, -0.05) is 18.2 Å². The number of halogens is 1. The van der Waals surface area contributed by atoms with Crippen molar-refractivity contribution < 1.29 is 9.18 Å². The number of hydrogen-bond donors (Lipinski definition) is 3. The fourth-order valence-electron chi connectivity index (χ4n) is 1.28. The van der Waals surface area contributed by atoms with E-state index < -0.39 is 0 Å². The van der Waals surface area contributed by atoms with E-state index in [1.807, 2.05) is 0 Å². The number of carbonyl (C=O) groups excluding carboxylic acids is 1. The third-order valence-electron chi connectivity index (χ3n) is 2.22. The summed E-state index contributed by atoms with van der Waals surface area (Å²) in [6.07, 6.45) is 1.85. The van der Waals surface area contributed by atoms with Crippen LogP contribution in [-0.2, 0) is 4.79 Å². The van der Waals surface area contributed by atoms with Crippen LogP contribution in [0, 0.1) is 5.82 Å². The number of rotatable bonds is 3. The third-order valence-corrected chi connectivity index (χ3v) is 2.22. The molecule has 1 aromatic heterocycles. The van der Waals surface area contributed by atoms with Crippen LogP contribution >= 0.6 is 0 Å². The molecule has 0 aliphatic carbocycles. The molecule has 0 atom stereocenters. The molecular weight excluding hydrogens is 259 g/mol. The Labute approximate surface area is 116 Å². The average molecular weight is 276 g/mol. The van der Waals surface area contributed by atoms with Gasteiger partial charge in [0.25, 0.3) is 0 Å². The first-order valence-corrected chi connectivity index (χ1v) is 6.04. The molecule has 0 fully saturated rings. The number of aromatic nitrogens is 1. The number of carbonyl (C=O) groups is 1. The van der Waals surface area contributed by atoms with Crippen LogP contribution in [0.5, 0.6) is 0 Å². The van der Waals surface area contributed by atoms with Crippen molar-refractivity contribution in [2.24, 2.45) is 5.73 Å². The summed E-state index contributed by atoms with van der Waals surface area (Å²) in [7, 11) is 0. The zero-order chi connectivity index (χ0) is 14.8. The molecule has 20 heavy (non-hydrogen) atoms. The summed E-state index contributed by atoms with van der Waals surface area (Å²) in [5, 5.41) is 2.60. The van der Waals surface area contributed by atoms with Gasteiger partial charge in [-0.2, -0.15) is 0 Å². The summed E-state index contributed by atoms with van der Waals surface area (Å²) in [4.78, 5) is 14.9. The van der Waals surface area contributed by atoms with E-state index in [-0.39, 0.29) is 18.1 Å². The number of nitrogens with one attached hydrogen (secondary N) is 1. The van der Waals surface area contributed by atoms with E-state index in [0.29, 0.717) is 18.1 Å². The van der Waals surface area contributed by atoms with Gasteiger partial charge in [-0.15, -0.1) is 0 Å². The van der Waals surface area contributed by atoms with E-state index in [4.69, 9.17) is 11.5 Å². The Hall–Kier alpha value is -2.47. The van der Waals surface area contributed by atoms with Gasteiger partial charge in [0.05, 0.1) is 5.69 Å². The first-order chi connectivity index (χ1) is 9.63. The van der Waals surface area contributed by atoms with Gasteiger partial charge in [-0.3, -0.25) is 4.79 Å². The van der Waals surface area contributed by atoms with Gasteiger partial charge < -0.3 is 16.8 Å². The molecule has 2 aromatic rings. The molecule has 6 heteroatoms. The topological polar surface area (TPSA) is 94.0 Å². The second-order valence-corrected chi connectivity index (χ2v) is 3.82. The maximum Gasteiger partial charge on any atom is 0.225 e. The van der Waals surface area contributed by atoms with Gasteiger partial charge >= 0.3 is 0 Å². The molecule has 0 radical (unpaired) electrons. The number of pyridine rings is 1. The Morgan fingerprint density at radius 3 is 2.40 bits per heavy atom. The van der Waals surface area contributed by atoms with Gasteiger partial charge in [-0.25, -0.2) is 9.37 Å². The lowest BCUT2D eigenvalue weighted by atomic mass is 10.3. The minimum absolute atomic E-state index is 0.151. The number of nitrogens with two attached hydrogens (primary N) is 2. The number of nitrogens with zero attached hydrogens (tertiary/aromatic N) is 1. The SMILES string of the molecule is Fc1ccccc1.NCCC(=O)Nc1cccnc1N. The Morgan fingerprint density at radius 1 is 1.20 bits per heavy atom. The molecule has 0 saturated heterocycles. The number of benzene rings is 1. The quantitative estimate of drug-likeness (QED) is 0.796. The maximum atomic E-state index is 11.9. The molecule has 1 amide bonds. The van der Waals surface area contributed by atoms with Crippen molar-refractivity contribution in [3.05, 3.63) is 54.5 Å². The minimum Gasteiger partial charge on any atom is -0.382 e. The van der Waals surface area contributed by atoms with Crippen LogP contribution in [0.4, 0.5) is 15.9 Å². The maximum absolute atomic E-state index is 11.9. The van der Waals surface area contributed by atoms with Crippen LogP contribution < -0.4 is 16.8 Å². The van der Waals surface area contributed by atoms with Crippen molar-refractivity contribution in [1.29, 1.82) is 0 Å². The molecule has 2 rings (SSSR count). The molecule has 0 aliphatic rings. The molecule has 5 N–H and O–H groups in total. The van der Waals surface area contributed by atoms with Gasteiger partial charge in [0.15, 0.2) is 0 Å². The Kier molecular flexibility index (Phi) is 6.70. The van der Waals surface area contributed by atoms with Crippen molar-refractivity contribution >= 4 is 17.4 Å². The summed E-state index contributed by atoms with van der Waals surface area (Å²) in [5.74, 6) is -0.0161. The Morgan fingerprint density at radius 2 is 1.90 bits per heavy atom. The highest BCUT2D eigenvalue weighted by molar-refractivity contribution is 5.93. The summed E-state index contributed by atoms with van der Waals surface area (Å²) in [5.41, 5.74) is 11.3. The summed E-state index contributed by atoms with van der Waals surface area (Å²) >= 11 is 0. The van der Waals surface area contributed by atoms with Gasteiger partial charge in [0.1, 0.15) is 11.6 Å². The fraction of sp³-hybridized carbons (Fsp3) is 0.143. The van der Waals surface area contributed by atoms with E-state index in [0.717, 1.165) is 0 Å². The Bertz CT molecular complexity index is 534. The molecule has 106 valence electrons. The van der Waals surface area contributed by atoms with Crippen molar-refractivity contribution in [1.82, 2.24) is 4.98 Å². The van der Waals surface area contributed by atoms with Gasteiger partial charge in [0, 0.05) is 19.2 Å². The lowest BCUT2D eigenvalue weighted by molar-refractivity contribution is -0.116. The molecule has 0 unspecified atom stereocenters. The van der Waals surface area contributed by atoms with Crippen molar-refractivity contribution in [2.75, 3.05) is 17.6 Å². The van der Waals surface area contributed by atoms with E-state index in [9.17, 15) is 9.18 Å². The van der Waals surface area contributed by atoms with Crippen molar-refractivity contribution in [3.8, 4) is 0 Å². The van der Waals surface area contributed by atoms with E-state index >= 15 is 0 Å². The predicted octanol–water partition coefficient (Wildman–Crippen LogP) is 1.78. The van der Waals surface area contributed by atoms with Gasteiger partial charge in [-0.05, 0) is 24.3 Å². The molecule has 5 nitrogen and oxygen atoms in total. The zero-order valence-corrected chi connectivity index (χ0v) is 10.9. The van der Waals surface area contributed by atoms with Gasteiger partial charge in [0.2, 0.25) is 5.91 Å². The predicted molar refractivity (Wildman–Crippen MR) is 77.4 cm³/mol. The second-order valence-electron chi connectivity index (χ2n) is 3.82. The molecule has 0 spiro atoms. The van der Waals surface area contributed by atoms with Crippen LogP contribution in [0.3, 0.4) is 0 Å². The fourth-order valence-corrected chi connectivity index (χ4v) is 1.28. The third kappa shape index (κ3) is 5.92. The normalized spacial score (nSPS) is 9.30. The Balaban J connectivity index is 0.000000240. The highest BCUT2D eigenvalue weighted by Gasteiger charge is 2.03. The average Bonchev–Trinajstić information content (AvgIpc) is 2.43. The lowest BCUT2D eigenvalue weighted by Crippen LogP contribution is -2.17. The molecular formula is C14H17FN4O. The summed E-state index contributed by atoms with van der Waals surface area (Å²) < 4.78 is 11.9. The number of amides is 1. The lowest BCUT2D eigenvalue weighted by Gasteiger charge is -2.05. The van der Waals surface area contributed by atoms with Crippen LogP contribution in [-0.4, -0.2) is 17.4 Å². The highest BCUT2D eigenvalue weighted by Crippen LogP contribution is 2.13. The van der Waals surface area contributed by atoms with Crippen molar-refractivity contribution in [3.63, 3.8) is 0 Å². The molecule has 1 aromatic carbocycles. The highest BCUT2D eigenvalue weighted by atomic mass is 19.1. The second kappa shape index (κ2) is 8.60. The van der Waals surface area contributed by atoms with Crippen LogP contribution in [0.15, 0.2) is 48.7 Å². The zero-order valence-electron chi connectivity index (χ0n) is 10.9. The molecule has 0 aliphatic heterocycles. The van der Waals surface area contributed by atoms with Crippen LogP contribution in [0.2, 0.25) is 0 Å². The summed E-state index contributed by atoms with van der Waals surface area (Å²) in [6.45, 7) is 0.325. The molecule has 1 heterocycles. The summed E-state index contributed by atoms with van der Waals surface area (Å²) in [6, 6.07) is 11.3. The van der Waals surface area contributed by atoms with E-state index in [2.05, 4.69) is 10.3 Å². The standard InChI is InChI=1S/C8H12N4O.C6H5F/c9-4-3-7(13)12-6-2-1-5-11-8(6)10;7-6-4-2-1-3-5-6/h1-2,5H,3-4,9H2,(H2,10,11)(H,12,13);1-5H. The molecule has 0 bridgehead atoms. The van der Waals surface area contributed by atoms with Crippen LogP contribution in [0.25, 0.3) is 0 Å². The number of hydrogen-bond acceptors (Lipinski definition) is 4. The monoisotopic (exact) mass is 276 g/mol. The molecule has 0 saturated carbocycles. The van der Waals surface area contributed by atoms with Crippen molar-refractivity contribution in [2.45, 2.75) is 6.42 Å².